The van der Waals surface area contributed by atoms with E-state index in [-0.39, 0.29) is 5.41 Å². The molecule has 2 aliphatic carbocycles. The zero-order chi connectivity index (χ0) is 46.2. The Bertz CT molecular complexity index is 4440. The van der Waals surface area contributed by atoms with Gasteiger partial charge >= 0.3 is 0 Å². The fraction of sp³-hybridized carbons (Fsp3) is 0.0769. The maximum Gasteiger partial charge on any atom is 0.235 e. The van der Waals surface area contributed by atoms with Crippen molar-refractivity contribution in [3.8, 4) is 50.6 Å². The van der Waals surface area contributed by atoms with Crippen LogP contribution in [-0.4, -0.2) is 19.1 Å². The molecule has 70 heavy (non-hydrogen) atoms. The minimum Gasteiger partial charge on any atom is -0.456 e. The molecule has 0 bridgehead atoms. The van der Waals surface area contributed by atoms with Gasteiger partial charge in [0.15, 0.2) is 0 Å². The van der Waals surface area contributed by atoms with Crippen molar-refractivity contribution in [2.75, 3.05) is 0 Å². The lowest BCUT2D eigenvalue weighted by atomic mass is 9.82. The average Bonchev–Trinajstić information content (AvgIpc) is 4.12. The van der Waals surface area contributed by atoms with E-state index in [1.54, 1.807) is 0 Å². The maximum atomic E-state index is 6.67. The van der Waals surface area contributed by atoms with Crippen molar-refractivity contribution in [3.63, 3.8) is 0 Å². The van der Waals surface area contributed by atoms with Crippen LogP contribution in [0.3, 0.4) is 0 Å². The molecule has 0 atom stereocenters. The first-order chi connectivity index (χ1) is 34.5. The highest BCUT2D eigenvalue weighted by molar-refractivity contribution is 6.17. The molecule has 0 aliphatic heterocycles. The number of hydrogen-bond donors (Lipinski definition) is 0. The lowest BCUT2D eigenvalue weighted by Crippen LogP contribution is -2.15. The Balaban J connectivity index is 0.891. The highest BCUT2D eigenvalue weighted by atomic mass is 16.3. The quantitative estimate of drug-likeness (QED) is 0.173. The van der Waals surface area contributed by atoms with Crippen molar-refractivity contribution >= 4 is 82.2 Å². The first kappa shape index (κ1) is 39.2. The summed E-state index contributed by atoms with van der Waals surface area (Å²) in [4.78, 5) is 10.5. The van der Waals surface area contributed by atoms with Gasteiger partial charge in [0.2, 0.25) is 5.95 Å². The van der Waals surface area contributed by atoms with Gasteiger partial charge in [-0.25, -0.2) is 9.97 Å². The van der Waals surface area contributed by atoms with Crippen LogP contribution in [0.15, 0.2) is 211 Å². The van der Waals surface area contributed by atoms with Crippen molar-refractivity contribution in [1.29, 1.82) is 0 Å². The minimum atomic E-state index is -0.0884. The molecule has 0 N–H and O–H groups in total. The largest absolute Gasteiger partial charge is 0.456 e. The van der Waals surface area contributed by atoms with Gasteiger partial charge in [0, 0.05) is 54.4 Å². The second-order valence-electron chi connectivity index (χ2n) is 19.6. The van der Waals surface area contributed by atoms with Crippen LogP contribution < -0.4 is 0 Å². The summed E-state index contributed by atoms with van der Waals surface area (Å²) in [6, 6.07) is 68.3. The molecule has 5 nitrogen and oxygen atoms in total. The Morgan fingerprint density at radius 3 is 2.01 bits per heavy atom. The van der Waals surface area contributed by atoms with Gasteiger partial charge in [-0.2, -0.15) is 0 Å². The third-order valence-corrected chi connectivity index (χ3v) is 15.4. The molecule has 0 saturated heterocycles. The molecular formula is C65H44N4O. The first-order valence-corrected chi connectivity index (χ1v) is 24.4. The molecule has 0 saturated carbocycles. The van der Waals surface area contributed by atoms with Gasteiger partial charge in [0.25, 0.3) is 0 Å². The standard InChI is InChI=1S/C65H44N4O/c1-65(2)53-24-12-9-20-45(53)48-37-51-50-36-42(29-32-57(50)68(59(51)38-54(48)65)43-18-7-4-8-19-43)44-23-15-27-61-62(44)52-35-41(30-33-60(52)70-61)40-28-31-58-49(34-40)46-21-11-14-26-56(46)69(58)64-66-55-25-13-10-22-47(55)63(67-64)39-16-5-3-6-17-39/h3-7,9-18,20-38H,8,19H2,1-2H3. The van der Waals surface area contributed by atoms with Crippen LogP contribution in [0.2, 0.25) is 0 Å². The normalized spacial score (nSPS) is 14.2. The summed E-state index contributed by atoms with van der Waals surface area (Å²) in [6.45, 7) is 4.75. The van der Waals surface area contributed by atoms with Gasteiger partial charge in [0.1, 0.15) is 11.2 Å². The predicted octanol–water partition coefficient (Wildman–Crippen LogP) is 17.2. The second kappa shape index (κ2) is 14.6. The Morgan fingerprint density at radius 1 is 0.457 bits per heavy atom. The van der Waals surface area contributed by atoms with Gasteiger partial charge in [-0.3, -0.25) is 4.57 Å². The van der Waals surface area contributed by atoms with Crippen LogP contribution in [0.4, 0.5) is 0 Å². The summed E-state index contributed by atoms with van der Waals surface area (Å²) in [5.74, 6) is 0.652. The van der Waals surface area contributed by atoms with Crippen molar-refractivity contribution in [3.05, 3.63) is 217 Å². The number of fused-ring (bicyclic) bond motifs is 13. The number of aromatic nitrogens is 4. The number of furan rings is 1. The van der Waals surface area contributed by atoms with Crippen molar-refractivity contribution < 1.29 is 4.42 Å². The second-order valence-corrected chi connectivity index (χ2v) is 19.6. The van der Waals surface area contributed by atoms with Crippen LogP contribution in [0, 0.1) is 0 Å². The van der Waals surface area contributed by atoms with E-state index < -0.39 is 0 Å². The highest BCUT2D eigenvalue weighted by Crippen LogP contribution is 2.52. The molecule has 0 fully saturated rings. The molecule has 0 unspecified atom stereocenters. The van der Waals surface area contributed by atoms with Crippen LogP contribution in [-0.2, 0) is 5.41 Å². The van der Waals surface area contributed by atoms with E-state index in [9.17, 15) is 0 Å². The zero-order valence-electron chi connectivity index (χ0n) is 38.7. The number of benzene rings is 9. The van der Waals surface area contributed by atoms with Gasteiger partial charge in [-0.1, -0.05) is 147 Å². The highest BCUT2D eigenvalue weighted by Gasteiger charge is 2.36. The molecule has 0 amide bonds. The molecule has 0 spiro atoms. The van der Waals surface area contributed by atoms with E-state index in [0.29, 0.717) is 5.95 Å². The minimum absolute atomic E-state index is 0.0884. The summed E-state index contributed by atoms with van der Waals surface area (Å²) in [5, 5.41) is 8.10. The molecule has 4 aromatic heterocycles. The molecule has 330 valence electrons. The van der Waals surface area contributed by atoms with Gasteiger partial charge in [0.05, 0.1) is 33.3 Å². The Hall–Kier alpha value is -8.80. The fourth-order valence-electron chi connectivity index (χ4n) is 12.1. The lowest BCUT2D eigenvalue weighted by Gasteiger charge is -2.22. The van der Waals surface area contributed by atoms with Crippen molar-refractivity contribution in [2.24, 2.45) is 0 Å². The maximum absolute atomic E-state index is 6.67. The fourth-order valence-corrected chi connectivity index (χ4v) is 12.1. The molecule has 9 aromatic carbocycles. The zero-order valence-corrected chi connectivity index (χ0v) is 38.7. The van der Waals surface area contributed by atoms with Gasteiger partial charge in [-0.05, 0) is 130 Å². The van der Waals surface area contributed by atoms with E-state index in [1.165, 1.54) is 55.3 Å². The summed E-state index contributed by atoms with van der Waals surface area (Å²) < 4.78 is 11.4. The molecule has 2 aliphatic rings. The number of allylic oxidation sites excluding steroid dienone is 4. The van der Waals surface area contributed by atoms with E-state index in [0.717, 1.165) is 95.4 Å². The van der Waals surface area contributed by atoms with Crippen LogP contribution in [0.5, 0.6) is 0 Å². The molecule has 5 heteroatoms. The molecule has 0 radical (unpaired) electrons. The van der Waals surface area contributed by atoms with E-state index in [1.807, 2.05) is 12.1 Å². The van der Waals surface area contributed by atoms with Crippen LogP contribution in [0.25, 0.3) is 133 Å². The molecule has 13 aromatic rings. The third-order valence-electron chi connectivity index (χ3n) is 15.4. The van der Waals surface area contributed by atoms with E-state index in [2.05, 4.69) is 217 Å². The summed E-state index contributed by atoms with van der Waals surface area (Å²) in [7, 11) is 0. The van der Waals surface area contributed by atoms with Gasteiger partial charge in [-0.15, -0.1) is 0 Å². The first-order valence-electron chi connectivity index (χ1n) is 24.4. The summed E-state index contributed by atoms with van der Waals surface area (Å²) in [6.07, 6.45) is 8.84. The van der Waals surface area contributed by atoms with Crippen LogP contribution >= 0.6 is 0 Å². The average molecular weight is 897 g/mol. The topological polar surface area (TPSA) is 48.8 Å². The monoisotopic (exact) mass is 896 g/mol. The predicted molar refractivity (Wildman–Crippen MR) is 291 cm³/mol. The lowest BCUT2D eigenvalue weighted by molar-refractivity contribution is 0.661. The molecular weight excluding hydrogens is 853 g/mol. The smallest absolute Gasteiger partial charge is 0.235 e. The van der Waals surface area contributed by atoms with Crippen molar-refractivity contribution in [1.82, 2.24) is 19.1 Å². The Kier molecular flexibility index (Phi) is 8.18. The summed E-state index contributed by atoms with van der Waals surface area (Å²) in [5.41, 5.74) is 20.6. The van der Waals surface area contributed by atoms with Crippen LogP contribution in [0.1, 0.15) is 37.8 Å². The summed E-state index contributed by atoms with van der Waals surface area (Å²) >= 11 is 0. The number of para-hydroxylation sites is 2. The van der Waals surface area contributed by atoms with Crippen molar-refractivity contribution in [2.45, 2.75) is 32.1 Å². The number of rotatable bonds is 5. The van der Waals surface area contributed by atoms with E-state index in [4.69, 9.17) is 14.4 Å². The molecule has 15 rings (SSSR count). The van der Waals surface area contributed by atoms with Gasteiger partial charge < -0.3 is 8.98 Å². The Morgan fingerprint density at radius 2 is 1.14 bits per heavy atom. The molecule has 4 heterocycles. The Labute approximate surface area is 403 Å². The van der Waals surface area contributed by atoms with E-state index >= 15 is 0 Å². The number of hydrogen-bond acceptors (Lipinski definition) is 3. The SMILES string of the molecule is CC1(C)c2ccccc2-c2cc3c4cc(-c5cccc6oc7ccc(-c8ccc9c(c8)c8ccccc8n9-c8nc(-c9ccccc9)c9ccccc9n8)cc7c56)ccc4n(C4=CC=CCC4)c3cc21. The third kappa shape index (κ3) is 5.60. The number of nitrogens with zero attached hydrogens (tertiary/aromatic N) is 4.